The fourth-order valence-corrected chi connectivity index (χ4v) is 4.36. The number of hydrogen-bond donors (Lipinski definition) is 8. The van der Waals surface area contributed by atoms with Crippen LogP contribution < -0.4 is 27.4 Å². The van der Waals surface area contributed by atoms with Crippen LogP contribution in [0.5, 0.6) is 0 Å². The van der Waals surface area contributed by atoms with E-state index >= 15 is 0 Å². The Morgan fingerprint density at radius 1 is 0.925 bits per heavy atom. The molecule has 2 rings (SSSR count). The van der Waals surface area contributed by atoms with E-state index in [2.05, 4.69) is 20.9 Å². The molecule has 15 heteroatoms. The van der Waals surface area contributed by atoms with Crippen molar-refractivity contribution in [3.63, 3.8) is 0 Å². The van der Waals surface area contributed by atoms with Gasteiger partial charge in [-0.05, 0) is 36.5 Å². The number of thioether (sulfide) groups is 1. The highest BCUT2D eigenvalue weighted by molar-refractivity contribution is 7.98. The number of rotatable bonds is 17. The smallest absolute Gasteiger partial charge is 0.326 e. The number of carboxylic acid groups (broad SMARTS) is 2. The lowest BCUT2D eigenvalue weighted by Gasteiger charge is -2.25. The molecule has 2 aromatic rings. The molecule has 0 aliphatic carbocycles. The number of H-pyrrole nitrogens is 1. The number of primary amides is 1. The zero-order valence-corrected chi connectivity index (χ0v) is 22.7. The fourth-order valence-electron chi connectivity index (χ4n) is 3.89. The van der Waals surface area contributed by atoms with Gasteiger partial charge in [-0.1, -0.05) is 18.2 Å². The third-order valence-electron chi connectivity index (χ3n) is 5.99. The quantitative estimate of drug-likeness (QED) is 0.114. The first-order valence-electron chi connectivity index (χ1n) is 12.4. The molecule has 0 bridgehead atoms. The molecule has 4 amide bonds. The molecule has 0 saturated carbocycles. The van der Waals surface area contributed by atoms with Crippen molar-refractivity contribution in [3.05, 3.63) is 36.0 Å². The summed E-state index contributed by atoms with van der Waals surface area (Å²) in [5.41, 5.74) is 12.2. The van der Waals surface area contributed by atoms with E-state index in [4.69, 9.17) is 16.6 Å². The summed E-state index contributed by atoms with van der Waals surface area (Å²) < 4.78 is 0. The molecular formula is C25H34N6O8S. The minimum Gasteiger partial charge on any atom is -0.481 e. The van der Waals surface area contributed by atoms with E-state index in [9.17, 15) is 33.9 Å². The third kappa shape index (κ3) is 9.89. The van der Waals surface area contributed by atoms with Gasteiger partial charge >= 0.3 is 11.9 Å². The number of nitrogens with one attached hydrogen (secondary N) is 4. The molecule has 0 fully saturated rings. The van der Waals surface area contributed by atoms with E-state index in [-0.39, 0.29) is 19.3 Å². The molecule has 4 unspecified atom stereocenters. The first-order chi connectivity index (χ1) is 18.9. The van der Waals surface area contributed by atoms with Gasteiger partial charge in [-0.25, -0.2) is 4.79 Å². The van der Waals surface area contributed by atoms with Gasteiger partial charge in [0.05, 0.1) is 12.5 Å². The van der Waals surface area contributed by atoms with Crippen LogP contribution in [0.2, 0.25) is 0 Å². The standard InChI is InChI=1S/C25H34N6O8S/c1-40-9-8-18(25(38)39)30-24(37)19(10-13-12-28-16-5-3-2-4-14(13)16)31-23(36)17(6-7-21(33)34)29-22(35)15(26)11-20(27)32/h2-5,12,15,17-19,28H,6-11,26H2,1H3,(H2,27,32)(H,29,35)(H,30,37)(H,31,36)(H,33,34)(H,38,39). The number of amides is 4. The van der Waals surface area contributed by atoms with Gasteiger partial charge in [0, 0.05) is 29.9 Å². The molecule has 40 heavy (non-hydrogen) atoms. The number of carbonyl (C=O) groups excluding carboxylic acids is 4. The highest BCUT2D eigenvalue weighted by atomic mass is 32.2. The maximum Gasteiger partial charge on any atom is 0.326 e. The van der Waals surface area contributed by atoms with Crippen LogP contribution in [0.4, 0.5) is 0 Å². The topological polar surface area (TPSA) is 247 Å². The summed E-state index contributed by atoms with van der Waals surface area (Å²) in [6.45, 7) is 0. The maximum atomic E-state index is 13.3. The summed E-state index contributed by atoms with van der Waals surface area (Å²) in [6, 6.07) is 1.94. The number of hydrogen-bond acceptors (Lipinski definition) is 8. The summed E-state index contributed by atoms with van der Waals surface area (Å²) >= 11 is 1.41. The lowest BCUT2D eigenvalue weighted by Crippen LogP contribution is -2.58. The molecule has 14 nitrogen and oxygen atoms in total. The molecule has 0 saturated heterocycles. The van der Waals surface area contributed by atoms with Crippen LogP contribution in [0.3, 0.4) is 0 Å². The number of nitrogens with two attached hydrogens (primary N) is 2. The Hall–Kier alpha value is -4.11. The molecule has 1 aromatic heterocycles. The number of fused-ring (bicyclic) bond motifs is 1. The average molecular weight is 579 g/mol. The summed E-state index contributed by atoms with van der Waals surface area (Å²) in [7, 11) is 0. The summed E-state index contributed by atoms with van der Waals surface area (Å²) in [6.07, 6.45) is 2.20. The summed E-state index contributed by atoms with van der Waals surface area (Å²) in [5.74, 6) is -5.44. The second-order valence-electron chi connectivity index (χ2n) is 9.08. The monoisotopic (exact) mass is 578 g/mol. The van der Waals surface area contributed by atoms with Crippen LogP contribution in [-0.2, 0) is 35.2 Å². The normalized spacial score (nSPS) is 13.9. The minimum atomic E-state index is -1.42. The minimum absolute atomic E-state index is 0.0444. The molecule has 1 aromatic carbocycles. The van der Waals surface area contributed by atoms with Gasteiger partial charge in [0.1, 0.15) is 18.1 Å². The molecule has 10 N–H and O–H groups in total. The van der Waals surface area contributed by atoms with Crippen molar-refractivity contribution in [2.24, 2.45) is 11.5 Å². The molecule has 1 heterocycles. The van der Waals surface area contributed by atoms with E-state index in [1.165, 1.54) is 11.8 Å². The zero-order valence-electron chi connectivity index (χ0n) is 21.8. The van der Waals surface area contributed by atoms with Crippen LogP contribution in [0.25, 0.3) is 10.9 Å². The Balaban J connectivity index is 2.32. The Labute approximate surface area is 234 Å². The maximum absolute atomic E-state index is 13.3. The van der Waals surface area contributed by atoms with Crippen LogP contribution in [0.1, 0.15) is 31.2 Å². The predicted octanol–water partition coefficient (Wildman–Crippen LogP) is -0.930. The van der Waals surface area contributed by atoms with E-state index in [1.54, 1.807) is 18.5 Å². The van der Waals surface area contributed by atoms with E-state index in [0.717, 1.165) is 10.9 Å². The van der Waals surface area contributed by atoms with Crippen LogP contribution in [-0.4, -0.2) is 86.9 Å². The fraction of sp³-hybridized carbons (Fsp3) is 0.440. The first kappa shape index (κ1) is 32.1. The number of aromatic nitrogens is 1. The van der Waals surface area contributed by atoms with Crippen molar-refractivity contribution >= 4 is 58.2 Å². The van der Waals surface area contributed by atoms with E-state index < -0.39 is 72.6 Å². The number of carboxylic acids is 2. The second-order valence-corrected chi connectivity index (χ2v) is 10.1. The Kier molecular flexibility index (Phi) is 12.4. The summed E-state index contributed by atoms with van der Waals surface area (Å²) in [5, 5.41) is 26.8. The van der Waals surface area contributed by atoms with E-state index in [1.807, 2.05) is 18.2 Å². The van der Waals surface area contributed by atoms with Crippen molar-refractivity contribution in [1.82, 2.24) is 20.9 Å². The molecule has 0 spiro atoms. The molecule has 0 aliphatic rings. The van der Waals surface area contributed by atoms with Crippen molar-refractivity contribution in [1.29, 1.82) is 0 Å². The molecule has 0 aliphatic heterocycles. The Morgan fingerprint density at radius 3 is 2.17 bits per heavy atom. The molecule has 0 radical (unpaired) electrons. The third-order valence-corrected chi connectivity index (χ3v) is 6.64. The lowest BCUT2D eigenvalue weighted by atomic mass is 10.0. The molecule has 218 valence electrons. The van der Waals surface area contributed by atoms with Gasteiger partial charge in [-0.3, -0.25) is 24.0 Å². The van der Waals surface area contributed by atoms with Gasteiger partial charge < -0.3 is 42.6 Å². The number of aliphatic carboxylic acids is 2. The average Bonchev–Trinajstić information content (AvgIpc) is 3.30. The summed E-state index contributed by atoms with van der Waals surface area (Å²) in [4.78, 5) is 76.1. The van der Waals surface area contributed by atoms with Crippen molar-refractivity contribution in [2.45, 2.75) is 56.3 Å². The number of benzene rings is 1. The van der Waals surface area contributed by atoms with Gasteiger partial charge in [-0.2, -0.15) is 11.8 Å². The van der Waals surface area contributed by atoms with Crippen molar-refractivity contribution in [2.75, 3.05) is 12.0 Å². The van der Waals surface area contributed by atoms with Crippen LogP contribution >= 0.6 is 11.8 Å². The van der Waals surface area contributed by atoms with Crippen LogP contribution in [0, 0.1) is 0 Å². The van der Waals surface area contributed by atoms with E-state index in [0.29, 0.717) is 11.3 Å². The molecule has 4 atom stereocenters. The highest BCUT2D eigenvalue weighted by Gasteiger charge is 2.31. The SMILES string of the molecule is CSCCC(NC(=O)C(Cc1c[nH]c2ccccc12)NC(=O)C(CCC(=O)O)NC(=O)C(N)CC(N)=O)C(=O)O. The first-order valence-corrected chi connectivity index (χ1v) is 13.8. The molecular weight excluding hydrogens is 544 g/mol. The second kappa shape index (κ2) is 15.5. The van der Waals surface area contributed by atoms with Gasteiger partial charge in [-0.15, -0.1) is 0 Å². The Bertz CT molecular complexity index is 1230. The zero-order chi connectivity index (χ0) is 29.8. The van der Waals surface area contributed by atoms with Gasteiger partial charge in [0.25, 0.3) is 0 Å². The Morgan fingerprint density at radius 2 is 1.55 bits per heavy atom. The predicted molar refractivity (Wildman–Crippen MR) is 147 cm³/mol. The lowest BCUT2D eigenvalue weighted by molar-refractivity contribution is -0.142. The number of para-hydroxylation sites is 1. The van der Waals surface area contributed by atoms with Gasteiger partial charge in [0.2, 0.25) is 23.6 Å². The number of aromatic amines is 1. The highest BCUT2D eigenvalue weighted by Crippen LogP contribution is 2.19. The largest absolute Gasteiger partial charge is 0.481 e. The van der Waals surface area contributed by atoms with Crippen LogP contribution in [0.15, 0.2) is 30.5 Å². The van der Waals surface area contributed by atoms with Crippen molar-refractivity contribution < 1.29 is 39.0 Å². The van der Waals surface area contributed by atoms with Gasteiger partial charge in [0.15, 0.2) is 0 Å². The van der Waals surface area contributed by atoms with Crippen molar-refractivity contribution in [3.8, 4) is 0 Å². The number of carbonyl (C=O) groups is 6.